The Kier molecular flexibility index (Phi) is 6.03. The molecule has 0 N–H and O–H groups in total. The first-order valence-corrected chi connectivity index (χ1v) is 12.0. The van der Waals surface area contributed by atoms with E-state index in [-0.39, 0.29) is 12.3 Å². The van der Waals surface area contributed by atoms with Crippen molar-refractivity contribution in [3.8, 4) is 0 Å². The number of nitrogens with zero attached hydrogens (tertiary/aromatic N) is 4. The Bertz CT molecular complexity index is 941. The van der Waals surface area contributed by atoms with Crippen molar-refractivity contribution >= 4 is 22.8 Å². The van der Waals surface area contributed by atoms with Crippen LogP contribution in [0.15, 0.2) is 29.9 Å². The van der Waals surface area contributed by atoms with E-state index in [0.717, 1.165) is 61.8 Å². The van der Waals surface area contributed by atoms with Gasteiger partial charge in [-0.3, -0.25) is 14.6 Å². The molecular weight excluding hydrogens is 418 g/mol. The lowest BCUT2D eigenvalue weighted by Gasteiger charge is -2.43. The zero-order chi connectivity index (χ0) is 21.4. The molecule has 0 atom stereocenters. The van der Waals surface area contributed by atoms with Crippen molar-refractivity contribution in [2.24, 2.45) is 0 Å². The van der Waals surface area contributed by atoms with Crippen molar-refractivity contribution in [2.45, 2.75) is 44.7 Å². The average molecular weight is 447 g/mol. The lowest BCUT2D eigenvalue weighted by Crippen LogP contribution is -2.55. The van der Waals surface area contributed by atoms with Crippen LogP contribution in [0.3, 0.4) is 0 Å². The normalized spacial score (nSPS) is 23.4. The molecule has 2 aliphatic carbocycles. The minimum Gasteiger partial charge on any atom is -0.339 e. The summed E-state index contributed by atoms with van der Waals surface area (Å²) in [5.74, 6) is -0.655. The molecule has 1 aromatic rings. The summed E-state index contributed by atoms with van der Waals surface area (Å²) in [6.45, 7) is 5.49. The predicted molar refractivity (Wildman–Crippen MR) is 118 cm³/mol. The van der Waals surface area contributed by atoms with E-state index in [4.69, 9.17) is 0 Å². The van der Waals surface area contributed by atoms with Crippen LogP contribution in [0.25, 0.3) is 5.57 Å². The van der Waals surface area contributed by atoms with Gasteiger partial charge < -0.3 is 4.90 Å². The highest BCUT2D eigenvalue weighted by atomic mass is 32.1. The third-order valence-electron chi connectivity index (χ3n) is 6.86. The SMILES string of the molecule is O=C(CN1CCc2nc(C3=C(F)C=CC(F)=CC3)sc2C1)N1CCN(C2CCC2)CC1. The van der Waals surface area contributed by atoms with E-state index in [1.165, 1.54) is 42.8 Å². The Morgan fingerprint density at radius 3 is 2.68 bits per heavy atom. The fourth-order valence-electron chi connectivity index (χ4n) is 4.70. The fourth-order valence-corrected chi connectivity index (χ4v) is 5.91. The van der Waals surface area contributed by atoms with Gasteiger partial charge in [-0.2, -0.15) is 0 Å². The molecule has 5 rings (SSSR count). The first kappa shape index (κ1) is 21.0. The molecule has 0 spiro atoms. The highest BCUT2D eigenvalue weighted by Crippen LogP contribution is 2.34. The number of halogens is 2. The Morgan fingerprint density at radius 2 is 1.94 bits per heavy atom. The molecule has 3 heterocycles. The molecule has 0 bridgehead atoms. The molecule has 2 aliphatic heterocycles. The molecule has 0 aromatic carbocycles. The molecule has 0 radical (unpaired) electrons. The molecule has 5 nitrogen and oxygen atoms in total. The van der Waals surface area contributed by atoms with Gasteiger partial charge in [0.2, 0.25) is 5.91 Å². The number of carbonyl (C=O) groups excluding carboxylic acids is 1. The summed E-state index contributed by atoms with van der Waals surface area (Å²) >= 11 is 1.47. The Labute approximate surface area is 185 Å². The monoisotopic (exact) mass is 446 g/mol. The van der Waals surface area contributed by atoms with Crippen LogP contribution in [0.5, 0.6) is 0 Å². The summed E-state index contributed by atoms with van der Waals surface area (Å²) in [6.07, 6.45) is 8.62. The molecule has 166 valence electrons. The summed E-state index contributed by atoms with van der Waals surface area (Å²) in [7, 11) is 0. The number of piperazine rings is 1. The van der Waals surface area contributed by atoms with Crippen LogP contribution in [-0.2, 0) is 17.8 Å². The maximum absolute atomic E-state index is 14.4. The standard InChI is InChI=1S/C23H28F2N4OS/c24-16-4-6-18(19(25)7-5-16)23-26-20-8-9-27(14-21(20)31-23)15-22(30)29-12-10-28(11-13-29)17-2-1-3-17/h4-5,7,17H,1-3,6,8-15H2. The quantitative estimate of drug-likeness (QED) is 0.707. The van der Waals surface area contributed by atoms with Crippen LogP contribution in [0, 0.1) is 0 Å². The van der Waals surface area contributed by atoms with Gasteiger partial charge in [-0.1, -0.05) is 6.42 Å². The number of aromatic nitrogens is 1. The van der Waals surface area contributed by atoms with E-state index >= 15 is 0 Å². The molecule has 31 heavy (non-hydrogen) atoms. The van der Waals surface area contributed by atoms with Crippen molar-refractivity contribution in [2.75, 3.05) is 39.3 Å². The third-order valence-corrected chi connectivity index (χ3v) is 8.01. The predicted octanol–water partition coefficient (Wildman–Crippen LogP) is 3.69. The number of rotatable bonds is 4. The molecule has 1 aromatic heterocycles. The number of carbonyl (C=O) groups is 1. The smallest absolute Gasteiger partial charge is 0.236 e. The fraction of sp³-hybridized carbons (Fsp3) is 0.565. The molecule has 1 amide bonds. The summed E-state index contributed by atoms with van der Waals surface area (Å²) in [5, 5.41) is 0.624. The topological polar surface area (TPSA) is 39.7 Å². The van der Waals surface area contributed by atoms with Crippen molar-refractivity contribution in [1.29, 1.82) is 0 Å². The number of hydrogen-bond donors (Lipinski definition) is 0. The number of fused-ring (bicyclic) bond motifs is 1. The van der Waals surface area contributed by atoms with E-state index in [1.807, 2.05) is 4.90 Å². The minimum atomic E-state index is -0.428. The highest BCUT2D eigenvalue weighted by molar-refractivity contribution is 7.12. The van der Waals surface area contributed by atoms with Gasteiger partial charge in [0.25, 0.3) is 0 Å². The van der Waals surface area contributed by atoms with Gasteiger partial charge in [0.15, 0.2) is 0 Å². The number of hydrogen-bond acceptors (Lipinski definition) is 5. The minimum absolute atomic E-state index is 0.199. The van der Waals surface area contributed by atoms with Gasteiger partial charge in [0.05, 0.1) is 12.2 Å². The second-order valence-electron chi connectivity index (χ2n) is 8.80. The Balaban J connectivity index is 1.19. The third kappa shape index (κ3) is 4.52. The first-order chi connectivity index (χ1) is 15.1. The summed E-state index contributed by atoms with van der Waals surface area (Å²) in [4.78, 5) is 25.3. The van der Waals surface area contributed by atoms with E-state index in [2.05, 4.69) is 14.8 Å². The molecule has 1 saturated heterocycles. The maximum Gasteiger partial charge on any atom is 0.236 e. The average Bonchev–Trinajstić information content (AvgIpc) is 3.06. The van der Waals surface area contributed by atoms with Gasteiger partial charge in [-0.15, -0.1) is 11.3 Å². The first-order valence-electron chi connectivity index (χ1n) is 11.2. The van der Waals surface area contributed by atoms with E-state index in [1.54, 1.807) is 0 Å². The number of allylic oxidation sites excluding steroid dienone is 6. The largest absolute Gasteiger partial charge is 0.339 e. The molecule has 1 saturated carbocycles. The van der Waals surface area contributed by atoms with Gasteiger partial charge in [0, 0.05) is 62.2 Å². The van der Waals surface area contributed by atoms with E-state index < -0.39 is 11.7 Å². The second kappa shape index (κ2) is 8.92. The van der Waals surface area contributed by atoms with Crippen LogP contribution in [0.1, 0.15) is 41.3 Å². The summed E-state index contributed by atoms with van der Waals surface area (Å²) < 4.78 is 27.8. The van der Waals surface area contributed by atoms with Crippen molar-refractivity contribution < 1.29 is 13.6 Å². The highest BCUT2D eigenvalue weighted by Gasteiger charge is 2.30. The summed E-state index contributed by atoms with van der Waals surface area (Å²) in [6, 6.07) is 0.745. The molecule has 8 heteroatoms. The van der Waals surface area contributed by atoms with Gasteiger partial charge in [-0.05, 0) is 37.5 Å². The number of thiazole rings is 1. The lowest BCUT2D eigenvalue weighted by molar-refractivity contribution is -0.135. The molecule has 4 aliphatic rings. The lowest BCUT2D eigenvalue weighted by atomic mass is 9.91. The second-order valence-corrected chi connectivity index (χ2v) is 9.89. The van der Waals surface area contributed by atoms with Crippen LogP contribution in [0.4, 0.5) is 8.78 Å². The van der Waals surface area contributed by atoms with Crippen LogP contribution >= 0.6 is 11.3 Å². The van der Waals surface area contributed by atoms with E-state index in [9.17, 15) is 13.6 Å². The summed E-state index contributed by atoms with van der Waals surface area (Å²) in [5.41, 5.74) is 1.42. The molecule has 0 unspecified atom stereocenters. The van der Waals surface area contributed by atoms with Crippen LogP contribution in [-0.4, -0.2) is 70.9 Å². The van der Waals surface area contributed by atoms with Crippen LogP contribution < -0.4 is 0 Å². The zero-order valence-electron chi connectivity index (χ0n) is 17.7. The van der Waals surface area contributed by atoms with Gasteiger partial charge >= 0.3 is 0 Å². The zero-order valence-corrected chi connectivity index (χ0v) is 18.5. The molecular formula is C23H28F2N4OS. The van der Waals surface area contributed by atoms with E-state index in [0.29, 0.717) is 23.7 Å². The van der Waals surface area contributed by atoms with Crippen LogP contribution in [0.2, 0.25) is 0 Å². The maximum atomic E-state index is 14.4. The van der Waals surface area contributed by atoms with Crippen molar-refractivity contribution in [1.82, 2.24) is 19.7 Å². The van der Waals surface area contributed by atoms with Crippen molar-refractivity contribution in [3.05, 3.63) is 45.5 Å². The van der Waals surface area contributed by atoms with Crippen molar-refractivity contribution in [3.63, 3.8) is 0 Å². The Morgan fingerprint density at radius 1 is 1.13 bits per heavy atom. The van der Waals surface area contributed by atoms with Gasteiger partial charge in [-0.25, -0.2) is 13.8 Å². The van der Waals surface area contributed by atoms with Gasteiger partial charge in [0.1, 0.15) is 16.7 Å². The Hall–Kier alpha value is -1.90. The number of amides is 1. The molecule has 2 fully saturated rings.